The Balaban J connectivity index is 1.49. The van der Waals surface area contributed by atoms with Gasteiger partial charge in [0.15, 0.2) is 0 Å². The molecule has 2 aliphatic heterocycles. The molecule has 2 aromatic rings. The molecule has 146 valence electrons. The molecule has 3 heterocycles. The molecular formula is C20H21FN4O3. The van der Waals surface area contributed by atoms with Crippen LogP contribution >= 0.6 is 0 Å². The van der Waals surface area contributed by atoms with E-state index >= 15 is 0 Å². The highest BCUT2D eigenvalue weighted by molar-refractivity contribution is 5.95. The molecule has 1 atom stereocenters. The fourth-order valence-electron chi connectivity index (χ4n) is 3.87. The summed E-state index contributed by atoms with van der Waals surface area (Å²) in [5.41, 5.74) is 0.506. The van der Waals surface area contributed by atoms with Crippen molar-refractivity contribution in [1.29, 1.82) is 0 Å². The zero-order chi connectivity index (χ0) is 19.6. The predicted octanol–water partition coefficient (Wildman–Crippen LogP) is 2.04. The minimum atomic E-state index is -0.536. The Morgan fingerprint density at radius 3 is 2.86 bits per heavy atom. The molecule has 1 unspecified atom stereocenters. The van der Waals surface area contributed by atoms with Gasteiger partial charge in [-0.15, -0.1) is 0 Å². The van der Waals surface area contributed by atoms with Crippen LogP contribution in [0.4, 0.5) is 10.1 Å². The van der Waals surface area contributed by atoms with Crippen molar-refractivity contribution in [3.05, 3.63) is 54.1 Å². The average Bonchev–Trinajstić information content (AvgIpc) is 2.93. The van der Waals surface area contributed by atoms with Crippen molar-refractivity contribution in [2.24, 2.45) is 0 Å². The maximum Gasteiger partial charge on any atom is 0.255 e. The Hall–Kier alpha value is -2.87. The van der Waals surface area contributed by atoms with Gasteiger partial charge in [-0.05, 0) is 43.5 Å². The number of ether oxygens (including phenoxy) is 1. The third-order valence-electron chi connectivity index (χ3n) is 5.39. The molecular weight excluding hydrogens is 363 g/mol. The van der Waals surface area contributed by atoms with Crippen molar-refractivity contribution in [3.63, 3.8) is 0 Å². The molecule has 0 bridgehead atoms. The molecule has 0 N–H and O–H groups in total. The second-order valence-corrected chi connectivity index (χ2v) is 7.21. The van der Waals surface area contributed by atoms with Gasteiger partial charge in [0.05, 0.1) is 30.1 Å². The van der Waals surface area contributed by atoms with Gasteiger partial charge in [-0.1, -0.05) is 6.07 Å². The monoisotopic (exact) mass is 384 g/mol. The lowest BCUT2D eigenvalue weighted by Gasteiger charge is -2.42. The van der Waals surface area contributed by atoms with Crippen LogP contribution < -0.4 is 4.90 Å². The molecule has 2 fully saturated rings. The van der Waals surface area contributed by atoms with E-state index in [4.69, 9.17) is 4.74 Å². The first-order valence-corrected chi connectivity index (χ1v) is 9.32. The number of likely N-dealkylation sites (tertiary alicyclic amines) is 1. The Bertz CT molecular complexity index is 879. The topological polar surface area (TPSA) is 75.6 Å². The largest absolute Gasteiger partial charge is 0.363 e. The summed E-state index contributed by atoms with van der Waals surface area (Å²) in [6.45, 7) is 1.44. The second-order valence-electron chi connectivity index (χ2n) is 7.21. The lowest BCUT2D eigenvalue weighted by atomic mass is 9.92. The summed E-state index contributed by atoms with van der Waals surface area (Å²) in [7, 11) is 0. The molecule has 1 spiro atoms. The molecule has 2 saturated heterocycles. The molecule has 7 nitrogen and oxygen atoms in total. The first-order valence-electron chi connectivity index (χ1n) is 9.32. The third kappa shape index (κ3) is 3.73. The molecule has 0 saturated carbocycles. The molecule has 0 radical (unpaired) electrons. The quantitative estimate of drug-likeness (QED) is 0.792. The van der Waals surface area contributed by atoms with E-state index in [9.17, 15) is 14.0 Å². The molecule has 4 rings (SSSR count). The zero-order valence-corrected chi connectivity index (χ0v) is 15.4. The number of hydrogen-bond acceptors (Lipinski definition) is 5. The number of amides is 2. The summed E-state index contributed by atoms with van der Waals surface area (Å²) in [5, 5.41) is 7.47. The van der Waals surface area contributed by atoms with Crippen LogP contribution in [0.2, 0.25) is 0 Å². The van der Waals surface area contributed by atoms with Crippen LogP contribution in [0.3, 0.4) is 0 Å². The number of nitrogens with zero attached hydrogens (tertiary/aromatic N) is 4. The summed E-state index contributed by atoms with van der Waals surface area (Å²) in [5.74, 6) is -0.647. The number of benzene rings is 1. The first-order chi connectivity index (χ1) is 13.6. The summed E-state index contributed by atoms with van der Waals surface area (Å²) < 4.78 is 19.6. The van der Waals surface area contributed by atoms with Crippen LogP contribution in [0.15, 0.2) is 42.7 Å². The van der Waals surface area contributed by atoms with E-state index in [1.54, 1.807) is 28.0 Å². The number of carbonyl (C=O) groups excluding carboxylic acids is 2. The number of rotatable bonds is 2. The van der Waals surface area contributed by atoms with E-state index in [-0.39, 0.29) is 24.2 Å². The number of anilines is 1. The van der Waals surface area contributed by atoms with E-state index in [1.807, 2.05) is 0 Å². The minimum Gasteiger partial charge on any atom is -0.363 e. The van der Waals surface area contributed by atoms with E-state index in [2.05, 4.69) is 10.2 Å². The van der Waals surface area contributed by atoms with Crippen LogP contribution in [0.5, 0.6) is 0 Å². The van der Waals surface area contributed by atoms with Crippen molar-refractivity contribution in [1.82, 2.24) is 15.1 Å². The Morgan fingerprint density at radius 2 is 2.07 bits per heavy atom. The summed E-state index contributed by atoms with van der Waals surface area (Å²) in [6, 6.07) is 7.68. The van der Waals surface area contributed by atoms with E-state index in [0.717, 1.165) is 12.8 Å². The van der Waals surface area contributed by atoms with Gasteiger partial charge in [0, 0.05) is 18.8 Å². The molecule has 8 heteroatoms. The maximum absolute atomic E-state index is 13.6. The highest BCUT2D eigenvalue weighted by Crippen LogP contribution is 2.33. The SMILES string of the molecule is O=C(c1ccnnc1)N1CCCC2(CC1)CN(c1cccc(F)c1)C(=O)CO2. The lowest BCUT2D eigenvalue weighted by molar-refractivity contribution is -0.140. The summed E-state index contributed by atoms with van der Waals surface area (Å²) >= 11 is 0. The van der Waals surface area contributed by atoms with Crippen molar-refractivity contribution < 1.29 is 18.7 Å². The molecule has 2 aliphatic rings. The predicted molar refractivity (Wildman–Crippen MR) is 99.2 cm³/mol. The Kier molecular flexibility index (Phi) is 5.04. The standard InChI is InChI=1S/C20H21FN4O3/c21-16-3-1-4-17(11-16)25-14-20(28-13-18(25)26)6-2-9-24(10-7-20)19(27)15-5-8-22-23-12-15/h1,3-5,8,11-12H,2,6-7,9-10,13-14H2. The van der Waals surface area contributed by atoms with Crippen LogP contribution in [0.1, 0.15) is 29.6 Å². The van der Waals surface area contributed by atoms with Crippen LogP contribution in [-0.2, 0) is 9.53 Å². The lowest BCUT2D eigenvalue weighted by Crippen LogP contribution is -2.55. The van der Waals surface area contributed by atoms with Crippen LogP contribution in [0, 0.1) is 5.82 Å². The molecule has 1 aromatic heterocycles. The summed E-state index contributed by atoms with van der Waals surface area (Å²) in [6.07, 6.45) is 5.06. The van der Waals surface area contributed by atoms with Gasteiger partial charge in [-0.25, -0.2) is 4.39 Å². The molecule has 2 amide bonds. The first kappa shape index (κ1) is 18.5. The maximum atomic E-state index is 13.6. The second kappa shape index (κ2) is 7.63. The Labute approximate surface area is 162 Å². The number of morpholine rings is 1. The molecule has 28 heavy (non-hydrogen) atoms. The van der Waals surface area contributed by atoms with Crippen molar-refractivity contribution in [2.75, 3.05) is 31.1 Å². The van der Waals surface area contributed by atoms with Gasteiger partial charge in [-0.2, -0.15) is 10.2 Å². The van der Waals surface area contributed by atoms with E-state index < -0.39 is 5.60 Å². The zero-order valence-electron chi connectivity index (χ0n) is 15.4. The number of halogens is 1. The molecule has 1 aromatic carbocycles. The van der Waals surface area contributed by atoms with Gasteiger partial charge >= 0.3 is 0 Å². The van der Waals surface area contributed by atoms with Crippen LogP contribution in [0.25, 0.3) is 0 Å². The average molecular weight is 384 g/mol. The molecule has 0 aliphatic carbocycles. The highest BCUT2D eigenvalue weighted by atomic mass is 19.1. The number of aromatic nitrogens is 2. The van der Waals surface area contributed by atoms with E-state index in [0.29, 0.717) is 37.3 Å². The smallest absolute Gasteiger partial charge is 0.255 e. The number of hydrogen-bond donors (Lipinski definition) is 0. The Morgan fingerprint density at radius 1 is 1.18 bits per heavy atom. The van der Waals surface area contributed by atoms with Gasteiger partial charge < -0.3 is 14.5 Å². The third-order valence-corrected chi connectivity index (χ3v) is 5.39. The van der Waals surface area contributed by atoms with Gasteiger partial charge in [0.1, 0.15) is 12.4 Å². The van der Waals surface area contributed by atoms with Crippen LogP contribution in [-0.4, -0.2) is 58.8 Å². The van der Waals surface area contributed by atoms with E-state index in [1.165, 1.54) is 24.5 Å². The summed E-state index contributed by atoms with van der Waals surface area (Å²) in [4.78, 5) is 28.5. The fourth-order valence-corrected chi connectivity index (χ4v) is 3.87. The number of carbonyl (C=O) groups is 2. The van der Waals surface area contributed by atoms with Gasteiger partial charge in [-0.3, -0.25) is 9.59 Å². The van der Waals surface area contributed by atoms with Crippen molar-refractivity contribution >= 4 is 17.5 Å². The van der Waals surface area contributed by atoms with Crippen molar-refractivity contribution in [3.8, 4) is 0 Å². The van der Waals surface area contributed by atoms with Gasteiger partial charge in [0.2, 0.25) is 0 Å². The normalized spacial score (nSPS) is 23.0. The highest BCUT2D eigenvalue weighted by Gasteiger charge is 2.42. The van der Waals surface area contributed by atoms with Gasteiger partial charge in [0.25, 0.3) is 11.8 Å². The van der Waals surface area contributed by atoms with Crippen molar-refractivity contribution in [2.45, 2.75) is 24.9 Å². The minimum absolute atomic E-state index is 0.0429. The fraction of sp³-hybridized carbons (Fsp3) is 0.400.